The lowest BCUT2D eigenvalue weighted by Gasteiger charge is -2.01. The molecule has 0 aliphatic heterocycles. The molecule has 1 radical (unpaired) electrons. The van der Waals surface area contributed by atoms with Crippen molar-refractivity contribution in [2.75, 3.05) is 0 Å². The molecule has 0 unspecified atom stereocenters. The summed E-state index contributed by atoms with van der Waals surface area (Å²) in [7, 11) is 0. The van der Waals surface area contributed by atoms with Gasteiger partial charge < -0.3 is 0 Å². The molecule has 0 spiro atoms. The van der Waals surface area contributed by atoms with E-state index in [1.165, 1.54) is 42.4 Å². The van der Waals surface area contributed by atoms with E-state index >= 15 is 0 Å². The van der Waals surface area contributed by atoms with E-state index in [1.54, 1.807) is 0 Å². The second-order valence-corrected chi connectivity index (χ2v) is 4.52. The number of hydrogen-bond donors (Lipinski definition) is 0. The highest BCUT2D eigenvalue weighted by Crippen LogP contribution is 2.11. The lowest BCUT2D eigenvalue weighted by molar-refractivity contribution is 0.674. The number of aryl methyl sites for hydroxylation is 2. The minimum atomic E-state index is 1.16. The van der Waals surface area contributed by atoms with Gasteiger partial charge in [0.25, 0.3) is 0 Å². The highest BCUT2D eigenvalue weighted by Gasteiger charge is 1.94. The maximum Gasteiger partial charge on any atom is -0.0146 e. The smallest absolute Gasteiger partial charge is 0.0146 e. The molecule has 0 fully saturated rings. The van der Waals surface area contributed by atoms with Crippen molar-refractivity contribution in [3.63, 3.8) is 0 Å². The van der Waals surface area contributed by atoms with Gasteiger partial charge in [0.05, 0.1) is 0 Å². The van der Waals surface area contributed by atoms with Crippen LogP contribution in [0.1, 0.15) is 55.7 Å². The zero-order chi connectivity index (χ0) is 11.8. The fraction of sp³-hybridized carbons (Fsp3) is 0.500. The first-order valence-electron chi connectivity index (χ1n) is 6.39. The molecule has 0 heterocycles. The van der Waals surface area contributed by atoms with Crippen LogP contribution in [-0.2, 0) is 0 Å². The molecule has 0 aromatic heterocycles. The summed E-state index contributed by atoms with van der Waals surface area (Å²) in [5.74, 6) is 0. The van der Waals surface area contributed by atoms with Gasteiger partial charge in [-0.05, 0) is 43.9 Å². The van der Waals surface area contributed by atoms with Gasteiger partial charge in [-0.3, -0.25) is 0 Å². The Morgan fingerprint density at radius 3 is 2.69 bits per heavy atom. The van der Waals surface area contributed by atoms with Crippen molar-refractivity contribution in [1.29, 1.82) is 0 Å². The van der Waals surface area contributed by atoms with Crippen LogP contribution in [0.25, 0.3) is 0 Å². The number of allylic oxidation sites excluding steroid dienone is 1. The predicted octanol–water partition coefficient (Wildman–Crippen LogP) is 4.98. The Morgan fingerprint density at radius 1 is 1.12 bits per heavy atom. The number of benzene rings is 1. The van der Waals surface area contributed by atoms with Gasteiger partial charge in [0, 0.05) is 0 Å². The second-order valence-electron chi connectivity index (χ2n) is 4.52. The predicted molar refractivity (Wildman–Crippen MR) is 71.6 cm³/mol. The quantitative estimate of drug-likeness (QED) is 0.587. The number of unbranched alkanes of at least 4 members (excludes halogenated alkanes) is 4. The molecular weight excluding hydrogens is 192 g/mol. The van der Waals surface area contributed by atoms with Crippen LogP contribution in [0.5, 0.6) is 0 Å². The second kappa shape index (κ2) is 7.27. The van der Waals surface area contributed by atoms with Gasteiger partial charge in [0.15, 0.2) is 0 Å². The summed E-state index contributed by atoms with van der Waals surface area (Å²) in [4.78, 5) is 0. The molecule has 1 rings (SSSR count). The molecule has 1 aromatic rings. The summed E-state index contributed by atoms with van der Waals surface area (Å²) in [6.07, 6.45) is 12.1. The Hall–Kier alpha value is -1.04. The van der Waals surface area contributed by atoms with E-state index in [0.29, 0.717) is 0 Å². The van der Waals surface area contributed by atoms with Gasteiger partial charge >= 0.3 is 0 Å². The molecule has 0 aliphatic rings. The van der Waals surface area contributed by atoms with Gasteiger partial charge in [-0.25, -0.2) is 0 Å². The Morgan fingerprint density at radius 2 is 1.94 bits per heavy atom. The standard InChI is InChI=1S/C16H23/c1-4-5-6-7-8-9-10-16-13-14(2)11-12-15(16)3/h9,11-13H,4-8H2,1-3H3. The average Bonchev–Trinajstić information content (AvgIpc) is 2.28. The highest BCUT2D eigenvalue weighted by atomic mass is 14.0. The van der Waals surface area contributed by atoms with E-state index in [2.05, 4.69) is 51.1 Å². The molecule has 0 bridgehead atoms. The third kappa shape index (κ3) is 4.65. The van der Waals surface area contributed by atoms with Gasteiger partial charge in [-0.1, -0.05) is 56.0 Å². The molecule has 0 aliphatic carbocycles. The van der Waals surface area contributed by atoms with Crippen LogP contribution < -0.4 is 0 Å². The highest BCUT2D eigenvalue weighted by molar-refractivity contribution is 5.34. The largest absolute Gasteiger partial charge is 0.0760 e. The summed E-state index contributed by atoms with van der Waals surface area (Å²) in [6, 6.07) is 6.53. The summed E-state index contributed by atoms with van der Waals surface area (Å²) in [6.45, 7) is 6.52. The molecular formula is C16H23. The Kier molecular flexibility index (Phi) is 5.92. The van der Waals surface area contributed by atoms with Gasteiger partial charge in [-0.2, -0.15) is 0 Å². The molecule has 0 N–H and O–H groups in total. The minimum Gasteiger partial charge on any atom is -0.0760 e. The van der Waals surface area contributed by atoms with Crippen LogP contribution in [0.15, 0.2) is 24.3 Å². The zero-order valence-electron chi connectivity index (χ0n) is 10.8. The van der Waals surface area contributed by atoms with E-state index < -0.39 is 0 Å². The van der Waals surface area contributed by atoms with E-state index in [9.17, 15) is 0 Å². The van der Waals surface area contributed by atoms with Gasteiger partial charge in [0.2, 0.25) is 0 Å². The van der Waals surface area contributed by atoms with Crippen LogP contribution in [0.2, 0.25) is 0 Å². The fourth-order valence-corrected chi connectivity index (χ4v) is 1.75. The molecule has 0 atom stereocenters. The summed E-state index contributed by atoms with van der Waals surface area (Å²) in [5, 5.41) is 0. The van der Waals surface area contributed by atoms with Crippen molar-refractivity contribution >= 4 is 0 Å². The lowest BCUT2D eigenvalue weighted by Crippen LogP contribution is -1.83. The Balaban J connectivity index is 2.40. The van der Waals surface area contributed by atoms with Gasteiger partial charge in [-0.15, -0.1) is 0 Å². The number of hydrogen-bond acceptors (Lipinski definition) is 0. The van der Waals surface area contributed by atoms with Crippen molar-refractivity contribution < 1.29 is 0 Å². The normalized spacial score (nSPS) is 11.2. The first kappa shape index (κ1) is 13.0. The van der Waals surface area contributed by atoms with Crippen LogP contribution in [-0.4, -0.2) is 0 Å². The third-order valence-corrected chi connectivity index (χ3v) is 2.85. The third-order valence-electron chi connectivity index (χ3n) is 2.85. The lowest BCUT2D eigenvalue weighted by atomic mass is 10.0. The molecule has 0 heteroatoms. The monoisotopic (exact) mass is 215 g/mol. The zero-order valence-corrected chi connectivity index (χ0v) is 10.8. The van der Waals surface area contributed by atoms with Crippen LogP contribution in [0.3, 0.4) is 0 Å². The SMILES string of the molecule is CCCCCC/C=[C]\c1cc(C)ccc1C. The van der Waals surface area contributed by atoms with Crippen molar-refractivity contribution in [1.82, 2.24) is 0 Å². The first-order valence-corrected chi connectivity index (χ1v) is 6.39. The summed E-state index contributed by atoms with van der Waals surface area (Å²) < 4.78 is 0. The topological polar surface area (TPSA) is 0 Å². The van der Waals surface area contributed by atoms with Crippen LogP contribution >= 0.6 is 0 Å². The van der Waals surface area contributed by atoms with Gasteiger partial charge in [0.1, 0.15) is 0 Å². The van der Waals surface area contributed by atoms with Crippen LogP contribution in [0, 0.1) is 19.9 Å². The van der Waals surface area contributed by atoms with E-state index in [0.717, 1.165) is 6.42 Å². The molecule has 0 amide bonds. The molecule has 0 saturated carbocycles. The van der Waals surface area contributed by atoms with Crippen molar-refractivity contribution in [3.8, 4) is 0 Å². The van der Waals surface area contributed by atoms with Crippen molar-refractivity contribution in [3.05, 3.63) is 47.0 Å². The molecule has 1 aromatic carbocycles. The molecule has 0 nitrogen and oxygen atoms in total. The van der Waals surface area contributed by atoms with Crippen molar-refractivity contribution in [2.45, 2.75) is 52.9 Å². The fourth-order valence-electron chi connectivity index (χ4n) is 1.75. The number of rotatable bonds is 6. The van der Waals surface area contributed by atoms with Crippen molar-refractivity contribution in [2.24, 2.45) is 0 Å². The molecule has 0 saturated heterocycles. The Bertz CT molecular complexity index is 334. The summed E-state index contributed by atoms with van der Waals surface area (Å²) >= 11 is 0. The summed E-state index contributed by atoms with van der Waals surface area (Å²) in [5.41, 5.74) is 3.87. The molecule has 87 valence electrons. The average molecular weight is 215 g/mol. The van der Waals surface area contributed by atoms with E-state index in [-0.39, 0.29) is 0 Å². The maximum absolute atomic E-state index is 3.41. The Labute approximate surface area is 100 Å². The molecule has 16 heavy (non-hydrogen) atoms. The van der Waals surface area contributed by atoms with E-state index in [4.69, 9.17) is 0 Å². The van der Waals surface area contributed by atoms with E-state index in [1.807, 2.05) is 0 Å². The minimum absolute atomic E-state index is 1.16. The van der Waals surface area contributed by atoms with Crippen LogP contribution in [0.4, 0.5) is 0 Å². The maximum atomic E-state index is 3.41. The first-order chi connectivity index (χ1) is 7.74.